The number of allylic oxidation sites excluding steroid dienone is 1. The van der Waals surface area contributed by atoms with Crippen LogP contribution in [0.25, 0.3) is 0 Å². The van der Waals surface area contributed by atoms with Crippen molar-refractivity contribution in [3.05, 3.63) is 36.8 Å². The summed E-state index contributed by atoms with van der Waals surface area (Å²) in [7, 11) is 1.39. The highest BCUT2D eigenvalue weighted by molar-refractivity contribution is 5.71. The molecule has 1 atom stereocenters. The van der Waals surface area contributed by atoms with E-state index in [9.17, 15) is 4.79 Å². The monoisotopic (exact) mass is 208 g/mol. The molecule has 1 unspecified atom stereocenters. The number of carbonyl (C=O) groups is 1. The Balaban J connectivity index is 2.88. The van der Waals surface area contributed by atoms with Crippen molar-refractivity contribution < 1.29 is 13.9 Å². The quantitative estimate of drug-likeness (QED) is 0.551. The van der Waals surface area contributed by atoms with E-state index in [0.29, 0.717) is 12.8 Å². The van der Waals surface area contributed by atoms with E-state index < -0.39 is 0 Å². The molecule has 3 nitrogen and oxygen atoms in total. The van der Waals surface area contributed by atoms with Gasteiger partial charge in [-0.1, -0.05) is 13.0 Å². The summed E-state index contributed by atoms with van der Waals surface area (Å²) >= 11 is 0. The topological polar surface area (TPSA) is 39.4 Å². The molecule has 1 aromatic heterocycles. The number of hydrogen-bond acceptors (Lipinski definition) is 3. The maximum absolute atomic E-state index is 11.3. The zero-order chi connectivity index (χ0) is 11.3. The van der Waals surface area contributed by atoms with Crippen LogP contribution in [0.15, 0.2) is 35.5 Å². The van der Waals surface area contributed by atoms with Crippen LogP contribution in [-0.4, -0.2) is 13.1 Å². The first kappa shape index (κ1) is 11.6. The van der Waals surface area contributed by atoms with Gasteiger partial charge in [0.1, 0.15) is 5.76 Å². The third-order valence-corrected chi connectivity index (χ3v) is 2.47. The summed E-state index contributed by atoms with van der Waals surface area (Å²) in [6.07, 6.45) is 4.36. The summed E-state index contributed by atoms with van der Waals surface area (Å²) in [6, 6.07) is 3.68. The summed E-state index contributed by atoms with van der Waals surface area (Å²) in [5.74, 6) is 0.545. The lowest BCUT2D eigenvalue weighted by atomic mass is 9.81. The Labute approximate surface area is 89.7 Å². The van der Waals surface area contributed by atoms with Gasteiger partial charge in [0.05, 0.1) is 19.8 Å². The highest BCUT2D eigenvalue weighted by Gasteiger charge is 2.31. The van der Waals surface area contributed by atoms with Crippen molar-refractivity contribution in [2.75, 3.05) is 7.11 Å². The fourth-order valence-electron chi connectivity index (χ4n) is 1.59. The Morgan fingerprint density at radius 1 is 1.73 bits per heavy atom. The number of esters is 1. The van der Waals surface area contributed by atoms with Crippen LogP contribution in [0, 0.1) is 0 Å². The van der Waals surface area contributed by atoms with Crippen LogP contribution in [0.3, 0.4) is 0 Å². The molecule has 0 amide bonds. The second-order valence-corrected chi connectivity index (χ2v) is 3.78. The largest absolute Gasteiger partial charge is 0.469 e. The minimum absolute atomic E-state index is 0.240. The molecule has 0 aliphatic rings. The lowest BCUT2D eigenvalue weighted by Gasteiger charge is -2.24. The third kappa shape index (κ3) is 2.72. The molecule has 0 N–H and O–H groups in total. The molecule has 1 heterocycles. The van der Waals surface area contributed by atoms with Crippen LogP contribution in [-0.2, 0) is 14.9 Å². The number of rotatable bonds is 5. The van der Waals surface area contributed by atoms with Gasteiger partial charge < -0.3 is 9.15 Å². The Morgan fingerprint density at radius 3 is 2.93 bits per heavy atom. The zero-order valence-corrected chi connectivity index (χ0v) is 9.16. The van der Waals surface area contributed by atoms with Crippen molar-refractivity contribution in [3.8, 4) is 0 Å². The summed E-state index contributed by atoms with van der Waals surface area (Å²) in [4.78, 5) is 11.3. The van der Waals surface area contributed by atoms with Gasteiger partial charge in [0.2, 0.25) is 0 Å². The number of methoxy groups -OCH3 is 1. The smallest absolute Gasteiger partial charge is 0.306 e. The number of hydrogen-bond donors (Lipinski definition) is 0. The van der Waals surface area contributed by atoms with Crippen LogP contribution < -0.4 is 0 Å². The lowest BCUT2D eigenvalue weighted by molar-refractivity contribution is -0.142. The normalized spacial score (nSPS) is 14.3. The zero-order valence-electron chi connectivity index (χ0n) is 9.16. The molecule has 0 saturated carbocycles. The number of carbonyl (C=O) groups excluding carboxylic acids is 1. The van der Waals surface area contributed by atoms with Gasteiger partial charge in [-0.15, -0.1) is 6.58 Å². The Bertz CT molecular complexity index is 327. The van der Waals surface area contributed by atoms with Gasteiger partial charge in [-0.25, -0.2) is 0 Å². The molecule has 0 fully saturated rings. The van der Waals surface area contributed by atoms with Crippen LogP contribution in [0.1, 0.15) is 25.5 Å². The first-order chi connectivity index (χ1) is 7.12. The second-order valence-electron chi connectivity index (χ2n) is 3.78. The SMILES string of the molecule is C=CCC(C)(CC(=O)OC)c1ccco1. The molecule has 82 valence electrons. The van der Waals surface area contributed by atoms with Crippen molar-refractivity contribution in [1.29, 1.82) is 0 Å². The summed E-state index contributed by atoms with van der Waals surface area (Å²) in [5, 5.41) is 0. The highest BCUT2D eigenvalue weighted by atomic mass is 16.5. The average Bonchev–Trinajstić information content (AvgIpc) is 2.71. The molecule has 0 bridgehead atoms. The van der Waals surface area contributed by atoms with Crippen LogP contribution >= 0.6 is 0 Å². The van der Waals surface area contributed by atoms with E-state index in [4.69, 9.17) is 4.42 Å². The lowest BCUT2D eigenvalue weighted by Crippen LogP contribution is -2.25. The van der Waals surface area contributed by atoms with Gasteiger partial charge in [0.25, 0.3) is 0 Å². The van der Waals surface area contributed by atoms with Gasteiger partial charge in [0, 0.05) is 5.41 Å². The minimum Gasteiger partial charge on any atom is -0.469 e. The van der Waals surface area contributed by atoms with E-state index in [-0.39, 0.29) is 11.4 Å². The summed E-state index contributed by atoms with van der Waals surface area (Å²) in [6.45, 7) is 5.66. The first-order valence-electron chi connectivity index (χ1n) is 4.84. The molecule has 15 heavy (non-hydrogen) atoms. The molecule has 0 aliphatic heterocycles. The van der Waals surface area contributed by atoms with Crippen molar-refractivity contribution in [3.63, 3.8) is 0 Å². The molecule has 0 aromatic carbocycles. The Hall–Kier alpha value is -1.51. The summed E-state index contributed by atoms with van der Waals surface area (Å²) in [5.41, 5.74) is -0.363. The highest BCUT2D eigenvalue weighted by Crippen LogP contribution is 2.32. The minimum atomic E-state index is -0.363. The van der Waals surface area contributed by atoms with Gasteiger partial charge >= 0.3 is 5.97 Å². The third-order valence-electron chi connectivity index (χ3n) is 2.47. The van der Waals surface area contributed by atoms with Crippen molar-refractivity contribution >= 4 is 5.97 Å². The van der Waals surface area contributed by atoms with E-state index in [1.54, 1.807) is 12.3 Å². The van der Waals surface area contributed by atoms with Crippen molar-refractivity contribution in [2.24, 2.45) is 0 Å². The van der Waals surface area contributed by atoms with Crippen molar-refractivity contribution in [2.45, 2.75) is 25.2 Å². The Morgan fingerprint density at radius 2 is 2.47 bits per heavy atom. The van der Waals surface area contributed by atoms with Gasteiger partial charge in [0.15, 0.2) is 0 Å². The fraction of sp³-hybridized carbons (Fsp3) is 0.417. The van der Waals surface area contributed by atoms with E-state index in [1.807, 2.05) is 19.1 Å². The van der Waals surface area contributed by atoms with Gasteiger partial charge in [-0.3, -0.25) is 4.79 Å². The van der Waals surface area contributed by atoms with Crippen LogP contribution in [0.5, 0.6) is 0 Å². The number of furan rings is 1. The van der Waals surface area contributed by atoms with Crippen molar-refractivity contribution in [1.82, 2.24) is 0 Å². The van der Waals surface area contributed by atoms with E-state index in [0.717, 1.165) is 5.76 Å². The molecule has 1 rings (SSSR count). The second kappa shape index (κ2) is 4.82. The molecule has 1 aromatic rings. The Kier molecular flexibility index (Phi) is 3.72. The molecular formula is C12H16O3. The maximum atomic E-state index is 11.3. The van der Waals surface area contributed by atoms with E-state index in [1.165, 1.54) is 7.11 Å². The molecule has 3 heteroatoms. The van der Waals surface area contributed by atoms with Gasteiger partial charge in [-0.2, -0.15) is 0 Å². The summed E-state index contributed by atoms with van der Waals surface area (Å²) < 4.78 is 10.0. The predicted octanol–water partition coefficient (Wildman–Crippen LogP) is 2.68. The maximum Gasteiger partial charge on any atom is 0.306 e. The fourth-order valence-corrected chi connectivity index (χ4v) is 1.59. The van der Waals surface area contributed by atoms with E-state index >= 15 is 0 Å². The predicted molar refractivity (Wildman–Crippen MR) is 57.5 cm³/mol. The molecular weight excluding hydrogens is 192 g/mol. The molecule has 0 spiro atoms. The first-order valence-corrected chi connectivity index (χ1v) is 4.84. The standard InChI is InChI=1S/C12H16O3/c1-4-7-12(2,9-11(13)14-3)10-6-5-8-15-10/h4-6,8H,1,7,9H2,2-3H3. The average molecular weight is 208 g/mol. The van der Waals surface area contributed by atoms with Crippen LogP contribution in [0.4, 0.5) is 0 Å². The van der Waals surface area contributed by atoms with Gasteiger partial charge in [-0.05, 0) is 18.6 Å². The molecule has 0 aliphatic carbocycles. The molecule has 0 saturated heterocycles. The number of ether oxygens (including phenoxy) is 1. The van der Waals surface area contributed by atoms with Crippen LogP contribution in [0.2, 0.25) is 0 Å². The molecule has 0 radical (unpaired) electrons. The van der Waals surface area contributed by atoms with E-state index in [2.05, 4.69) is 11.3 Å².